The first-order valence-corrected chi connectivity index (χ1v) is 7.01. The molecule has 0 fully saturated rings. The Balaban J connectivity index is 2.48. The Kier molecular flexibility index (Phi) is 3.85. The molecule has 1 aromatic carbocycles. The molecule has 1 aliphatic heterocycles. The molecular formula is C14H16N2O3S. The summed E-state index contributed by atoms with van der Waals surface area (Å²) in [5.41, 5.74) is 1.23. The van der Waals surface area contributed by atoms with Crippen LogP contribution in [0.5, 0.6) is 0 Å². The zero-order chi connectivity index (χ0) is 14.9. The van der Waals surface area contributed by atoms with E-state index in [1.54, 1.807) is 18.2 Å². The van der Waals surface area contributed by atoms with Crippen LogP contribution in [0, 0.1) is 0 Å². The van der Waals surface area contributed by atoms with Gasteiger partial charge in [0.25, 0.3) is 0 Å². The molecule has 20 heavy (non-hydrogen) atoms. The van der Waals surface area contributed by atoms with Crippen molar-refractivity contribution >= 4 is 35.5 Å². The van der Waals surface area contributed by atoms with Gasteiger partial charge in [-0.1, -0.05) is 0 Å². The predicted molar refractivity (Wildman–Crippen MR) is 78.2 cm³/mol. The maximum atomic E-state index is 12.5. The number of hydrogen-bond donors (Lipinski definition) is 1. The second-order valence-corrected chi connectivity index (χ2v) is 6.69. The Morgan fingerprint density at radius 3 is 2.75 bits per heavy atom. The monoisotopic (exact) mass is 292 g/mol. The number of thioether (sulfide) groups is 1. The Labute approximate surface area is 121 Å². The smallest absolute Gasteiger partial charge is 0.243 e. The molecule has 2 rings (SSSR count). The lowest BCUT2D eigenvalue weighted by Gasteiger charge is -2.37. The van der Waals surface area contributed by atoms with Gasteiger partial charge in [0, 0.05) is 17.5 Å². The molecule has 0 aromatic heterocycles. The molecule has 0 bridgehead atoms. The number of fused-ring (bicyclic) bond motifs is 1. The molecule has 0 radical (unpaired) electrons. The molecule has 106 valence electrons. The number of amides is 2. The van der Waals surface area contributed by atoms with Crippen LogP contribution in [0.25, 0.3) is 0 Å². The van der Waals surface area contributed by atoms with Crippen LogP contribution in [0.4, 0.5) is 5.69 Å². The number of rotatable bonds is 3. The Morgan fingerprint density at radius 2 is 2.15 bits per heavy atom. The maximum absolute atomic E-state index is 12.5. The number of hydrogen-bond acceptors (Lipinski definition) is 4. The summed E-state index contributed by atoms with van der Waals surface area (Å²) in [5.74, 6) is -0.344. The first-order valence-electron chi connectivity index (χ1n) is 6.20. The summed E-state index contributed by atoms with van der Waals surface area (Å²) in [6, 6.07) is 5.11. The molecule has 6 heteroatoms. The number of nitrogens with zero attached hydrogens (tertiary/aromatic N) is 1. The molecule has 0 saturated carbocycles. The normalized spacial score (nSPS) is 16.6. The minimum Gasteiger partial charge on any atom is -0.358 e. The van der Waals surface area contributed by atoms with E-state index in [-0.39, 0.29) is 18.4 Å². The Morgan fingerprint density at radius 1 is 1.45 bits per heavy atom. The minimum absolute atomic E-state index is 0.0211. The largest absolute Gasteiger partial charge is 0.358 e. The van der Waals surface area contributed by atoms with Gasteiger partial charge in [-0.05, 0) is 32.0 Å². The van der Waals surface area contributed by atoms with Crippen molar-refractivity contribution in [1.82, 2.24) is 5.32 Å². The van der Waals surface area contributed by atoms with E-state index in [0.29, 0.717) is 11.3 Å². The van der Waals surface area contributed by atoms with Gasteiger partial charge in [-0.2, -0.15) is 0 Å². The van der Waals surface area contributed by atoms with Crippen molar-refractivity contribution in [3.05, 3.63) is 23.8 Å². The van der Waals surface area contributed by atoms with Crippen LogP contribution >= 0.6 is 11.8 Å². The molecule has 0 atom stereocenters. The second kappa shape index (κ2) is 5.28. The fourth-order valence-corrected chi connectivity index (χ4v) is 3.27. The van der Waals surface area contributed by atoms with Crippen LogP contribution in [-0.4, -0.2) is 36.4 Å². The molecular weight excluding hydrogens is 276 g/mol. The van der Waals surface area contributed by atoms with E-state index >= 15 is 0 Å². The summed E-state index contributed by atoms with van der Waals surface area (Å²) >= 11 is 1.41. The highest BCUT2D eigenvalue weighted by atomic mass is 32.2. The van der Waals surface area contributed by atoms with Gasteiger partial charge in [0.15, 0.2) is 0 Å². The summed E-state index contributed by atoms with van der Waals surface area (Å²) in [7, 11) is 1.53. The number of anilines is 1. The third-order valence-corrected chi connectivity index (χ3v) is 4.35. The first kappa shape index (κ1) is 14.6. The number of benzene rings is 1. The third kappa shape index (κ3) is 2.56. The van der Waals surface area contributed by atoms with Gasteiger partial charge in [-0.25, -0.2) is 0 Å². The standard InChI is InChI=1S/C14H16N2O3S/c1-14(2)13(19)16(7-12(18)15-3)10-5-4-9(8-17)6-11(10)20-14/h4-6,8H,7H2,1-3H3,(H,15,18). The molecule has 0 aliphatic carbocycles. The molecule has 1 aliphatic rings. The molecule has 0 spiro atoms. The fraction of sp³-hybridized carbons (Fsp3) is 0.357. The Hall–Kier alpha value is -1.82. The highest BCUT2D eigenvalue weighted by Gasteiger charge is 2.40. The molecule has 0 saturated heterocycles. The lowest BCUT2D eigenvalue weighted by molar-refractivity contribution is -0.124. The average Bonchev–Trinajstić information content (AvgIpc) is 2.42. The number of likely N-dealkylation sites (N-methyl/N-ethyl adjacent to an activating group) is 1. The SMILES string of the molecule is CNC(=O)CN1C(=O)C(C)(C)Sc2cc(C=O)ccc21. The van der Waals surface area contributed by atoms with Gasteiger partial charge in [-0.15, -0.1) is 11.8 Å². The number of aldehydes is 1. The maximum Gasteiger partial charge on any atom is 0.243 e. The summed E-state index contributed by atoms with van der Waals surface area (Å²) in [4.78, 5) is 37.3. The molecule has 1 heterocycles. The lowest BCUT2D eigenvalue weighted by atomic mass is 10.1. The lowest BCUT2D eigenvalue weighted by Crippen LogP contribution is -2.50. The van der Waals surface area contributed by atoms with Crippen LogP contribution in [0.2, 0.25) is 0 Å². The molecule has 1 aromatic rings. The average molecular weight is 292 g/mol. The summed E-state index contributed by atoms with van der Waals surface area (Å²) in [6.45, 7) is 3.60. The zero-order valence-electron chi connectivity index (χ0n) is 11.6. The van der Waals surface area contributed by atoms with E-state index in [0.717, 1.165) is 11.2 Å². The topological polar surface area (TPSA) is 66.5 Å². The van der Waals surface area contributed by atoms with E-state index in [4.69, 9.17) is 0 Å². The van der Waals surface area contributed by atoms with Crippen molar-refractivity contribution in [2.24, 2.45) is 0 Å². The van der Waals surface area contributed by atoms with Gasteiger partial charge in [0.1, 0.15) is 12.8 Å². The van der Waals surface area contributed by atoms with Crippen molar-refractivity contribution in [3.8, 4) is 0 Å². The van der Waals surface area contributed by atoms with Gasteiger partial charge < -0.3 is 10.2 Å². The molecule has 0 unspecified atom stereocenters. The number of carbonyl (C=O) groups excluding carboxylic acids is 3. The van der Waals surface area contributed by atoms with Crippen molar-refractivity contribution < 1.29 is 14.4 Å². The summed E-state index contributed by atoms with van der Waals surface area (Å²) in [6.07, 6.45) is 0.771. The van der Waals surface area contributed by atoms with Crippen LogP contribution in [0.3, 0.4) is 0 Å². The van der Waals surface area contributed by atoms with E-state index in [9.17, 15) is 14.4 Å². The van der Waals surface area contributed by atoms with Gasteiger partial charge >= 0.3 is 0 Å². The molecule has 2 amide bonds. The van der Waals surface area contributed by atoms with E-state index in [1.165, 1.54) is 23.7 Å². The highest BCUT2D eigenvalue weighted by molar-refractivity contribution is 8.01. The van der Waals surface area contributed by atoms with Crippen molar-refractivity contribution in [3.63, 3.8) is 0 Å². The van der Waals surface area contributed by atoms with Crippen LogP contribution in [0.1, 0.15) is 24.2 Å². The second-order valence-electron chi connectivity index (χ2n) is 5.02. The van der Waals surface area contributed by atoms with Crippen molar-refractivity contribution in [2.45, 2.75) is 23.5 Å². The van der Waals surface area contributed by atoms with E-state index in [1.807, 2.05) is 13.8 Å². The number of carbonyl (C=O) groups is 3. The van der Waals surface area contributed by atoms with E-state index < -0.39 is 4.75 Å². The fourth-order valence-electron chi connectivity index (χ4n) is 2.04. The quantitative estimate of drug-likeness (QED) is 0.857. The van der Waals surface area contributed by atoms with Gasteiger partial charge in [0.2, 0.25) is 11.8 Å². The van der Waals surface area contributed by atoms with Gasteiger partial charge in [0.05, 0.1) is 10.4 Å². The third-order valence-electron chi connectivity index (χ3n) is 3.12. The molecule has 1 N–H and O–H groups in total. The first-order chi connectivity index (χ1) is 9.39. The van der Waals surface area contributed by atoms with Crippen LogP contribution in [0.15, 0.2) is 23.1 Å². The van der Waals surface area contributed by atoms with Gasteiger partial charge in [-0.3, -0.25) is 14.4 Å². The summed E-state index contributed by atoms with van der Waals surface area (Å²) in [5, 5.41) is 2.52. The molecule has 5 nitrogen and oxygen atoms in total. The summed E-state index contributed by atoms with van der Waals surface area (Å²) < 4.78 is -0.664. The predicted octanol–water partition coefficient (Wildman–Crippen LogP) is 1.46. The van der Waals surface area contributed by atoms with Crippen LogP contribution < -0.4 is 10.2 Å². The minimum atomic E-state index is -0.664. The highest BCUT2D eigenvalue weighted by Crippen LogP contribution is 2.45. The Bertz CT molecular complexity index is 584. The zero-order valence-corrected chi connectivity index (χ0v) is 12.4. The van der Waals surface area contributed by atoms with Crippen LogP contribution in [-0.2, 0) is 9.59 Å². The van der Waals surface area contributed by atoms with E-state index in [2.05, 4.69) is 5.32 Å². The van der Waals surface area contributed by atoms with Crippen molar-refractivity contribution in [1.29, 1.82) is 0 Å². The number of nitrogens with one attached hydrogen (secondary N) is 1. The van der Waals surface area contributed by atoms with Crippen molar-refractivity contribution in [2.75, 3.05) is 18.5 Å².